The minimum Gasteiger partial charge on any atom is -0.472 e. The Kier molecular flexibility index (Phi) is 0.638. The second kappa shape index (κ2) is 1.12. The lowest BCUT2D eigenvalue weighted by molar-refractivity contribution is 0.280. The average molecular weight is 83.1 g/mol. The predicted molar refractivity (Wildman–Crippen MR) is 23.6 cm³/mol. The first-order chi connectivity index (χ1) is 2.89. The van der Waals surface area contributed by atoms with Crippen LogP contribution in [0.1, 0.15) is 0 Å². The van der Waals surface area contributed by atoms with Crippen LogP contribution in [0.2, 0.25) is 0 Å². The van der Waals surface area contributed by atoms with E-state index in [1.54, 1.807) is 6.21 Å². The Morgan fingerprint density at radius 1 is 2.00 bits per heavy atom. The molecular weight excluding hydrogens is 78.0 g/mol. The Labute approximate surface area is 36.1 Å². The van der Waals surface area contributed by atoms with Gasteiger partial charge in [-0.1, -0.05) is 0 Å². The molecule has 0 N–H and O–H groups in total. The normalized spacial score (nSPS) is 18.3. The molecule has 0 aromatic rings. The minimum atomic E-state index is 0.523. The van der Waals surface area contributed by atoms with E-state index in [2.05, 4.69) is 11.6 Å². The zero-order valence-corrected chi connectivity index (χ0v) is 3.35. The Balaban J connectivity index is 2.59. The molecule has 1 rings (SSSR count). The van der Waals surface area contributed by atoms with Crippen molar-refractivity contribution in [2.24, 2.45) is 4.99 Å². The van der Waals surface area contributed by atoms with Crippen molar-refractivity contribution in [2.45, 2.75) is 0 Å². The van der Waals surface area contributed by atoms with Crippen LogP contribution in [0.4, 0.5) is 0 Å². The van der Waals surface area contributed by atoms with Crippen LogP contribution in [-0.4, -0.2) is 12.8 Å². The SMILES string of the molecule is C=C1N=CCO1. The fraction of sp³-hybridized carbons (Fsp3) is 0.250. The van der Waals surface area contributed by atoms with Crippen molar-refractivity contribution in [3.63, 3.8) is 0 Å². The summed E-state index contributed by atoms with van der Waals surface area (Å²) in [7, 11) is 0. The van der Waals surface area contributed by atoms with Gasteiger partial charge in [-0.15, -0.1) is 0 Å². The van der Waals surface area contributed by atoms with Gasteiger partial charge < -0.3 is 4.74 Å². The van der Waals surface area contributed by atoms with Crippen molar-refractivity contribution in [1.29, 1.82) is 0 Å². The highest BCUT2D eigenvalue weighted by Crippen LogP contribution is 1.97. The fourth-order valence-electron chi connectivity index (χ4n) is 0.310. The van der Waals surface area contributed by atoms with E-state index < -0.39 is 0 Å². The van der Waals surface area contributed by atoms with E-state index in [-0.39, 0.29) is 0 Å². The minimum absolute atomic E-state index is 0.523. The second-order valence-corrected chi connectivity index (χ2v) is 1.02. The van der Waals surface area contributed by atoms with E-state index in [1.807, 2.05) is 0 Å². The molecule has 1 heterocycles. The molecule has 0 bridgehead atoms. The molecule has 0 aliphatic carbocycles. The molecular formula is C4H5NO. The molecule has 0 aromatic carbocycles. The maximum Gasteiger partial charge on any atom is 0.205 e. The average Bonchev–Trinajstić information content (AvgIpc) is 1.86. The number of ether oxygens (including phenoxy) is 1. The van der Waals surface area contributed by atoms with Gasteiger partial charge in [0.1, 0.15) is 6.61 Å². The molecule has 0 saturated carbocycles. The van der Waals surface area contributed by atoms with Gasteiger partial charge in [0, 0.05) is 6.21 Å². The van der Waals surface area contributed by atoms with Gasteiger partial charge in [0.05, 0.1) is 0 Å². The highest BCUT2D eigenvalue weighted by Gasteiger charge is 1.92. The summed E-state index contributed by atoms with van der Waals surface area (Å²) >= 11 is 0. The van der Waals surface area contributed by atoms with Crippen molar-refractivity contribution in [3.05, 3.63) is 12.5 Å². The van der Waals surface area contributed by atoms with E-state index in [1.165, 1.54) is 0 Å². The molecule has 0 saturated heterocycles. The Bertz CT molecular complexity index is 95.7. The fourth-order valence-corrected chi connectivity index (χ4v) is 0.310. The third kappa shape index (κ3) is 0.407. The Morgan fingerprint density at radius 2 is 2.83 bits per heavy atom. The summed E-state index contributed by atoms with van der Waals surface area (Å²) in [5.74, 6) is 0.523. The maximum absolute atomic E-state index is 4.74. The molecule has 0 atom stereocenters. The van der Waals surface area contributed by atoms with Gasteiger partial charge in [0.2, 0.25) is 5.88 Å². The molecule has 0 radical (unpaired) electrons. The summed E-state index contributed by atoms with van der Waals surface area (Å²) in [6.07, 6.45) is 1.68. The Hall–Kier alpha value is -0.790. The number of hydrogen-bond acceptors (Lipinski definition) is 2. The first-order valence-electron chi connectivity index (χ1n) is 1.74. The molecule has 1 aliphatic heterocycles. The van der Waals surface area contributed by atoms with Gasteiger partial charge in [-0.3, -0.25) is 0 Å². The maximum atomic E-state index is 4.74. The summed E-state index contributed by atoms with van der Waals surface area (Å²) in [6, 6.07) is 0. The van der Waals surface area contributed by atoms with Crippen LogP contribution in [0.3, 0.4) is 0 Å². The monoisotopic (exact) mass is 83.0 g/mol. The highest BCUT2D eigenvalue weighted by atomic mass is 16.5. The molecule has 0 unspecified atom stereocenters. The van der Waals surface area contributed by atoms with Crippen LogP contribution in [0.25, 0.3) is 0 Å². The molecule has 2 nitrogen and oxygen atoms in total. The van der Waals surface area contributed by atoms with Crippen LogP contribution in [0.15, 0.2) is 17.5 Å². The first-order valence-corrected chi connectivity index (χ1v) is 1.74. The molecule has 0 spiro atoms. The number of aliphatic imine (C=N–C) groups is 1. The van der Waals surface area contributed by atoms with Crippen molar-refractivity contribution in [3.8, 4) is 0 Å². The lowest BCUT2D eigenvalue weighted by Crippen LogP contribution is -1.78. The van der Waals surface area contributed by atoms with Crippen molar-refractivity contribution < 1.29 is 4.74 Å². The van der Waals surface area contributed by atoms with Crippen molar-refractivity contribution in [2.75, 3.05) is 6.61 Å². The van der Waals surface area contributed by atoms with Crippen LogP contribution in [-0.2, 0) is 4.74 Å². The number of hydrogen-bond donors (Lipinski definition) is 0. The van der Waals surface area contributed by atoms with Gasteiger partial charge in [-0.2, -0.15) is 0 Å². The molecule has 0 fully saturated rings. The zero-order chi connectivity index (χ0) is 4.41. The first kappa shape index (κ1) is 3.40. The molecule has 0 aromatic heterocycles. The van der Waals surface area contributed by atoms with E-state index in [4.69, 9.17) is 4.74 Å². The predicted octanol–water partition coefficient (Wildman–Crippen LogP) is 0.559. The van der Waals surface area contributed by atoms with Gasteiger partial charge in [0.25, 0.3) is 0 Å². The van der Waals surface area contributed by atoms with E-state index in [9.17, 15) is 0 Å². The second-order valence-electron chi connectivity index (χ2n) is 1.02. The van der Waals surface area contributed by atoms with Crippen LogP contribution < -0.4 is 0 Å². The summed E-state index contributed by atoms with van der Waals surface area (Å²) in [5.41, 5.74) is 0. The third-order valence-corrected chi connectivity index (χ3v) is 0.560. The molecule has 1 aliphatic rings. The molecule has 2 heteroatoms. The lowest BCUT2D eigenvalue weighted by Gasteiger charge is -1.85. The van der Waals surface area contributed by atoms with Gasteiger partial charge in [0.15, 0.2) is 0 Å². The van der Waals surface area contributed by atoms with Gasteiger partial charge in [-0.05, 0) is 6.58 Å². The highest BCUT2D eigenvalue weighted by molar-refractivity contribution is 5.62. The van der Waals surface area contributed by atoms with E-state index in [0.717, 1.165) is 0 Å². The summed E-state index contributed by atoms with van der Waals surface area (Å²) < 4.78 is 4.74. The van der Waals surface area contributed by atoms with E-state index in [0.29, 0.717) is 12.5 Å². The molecule has 32 valence electrons. The summed E-state index contributed by atoms with van der Waals surface area (Å²) in [4.78, 5) is 3.69. The summed E-state index contributed by atoms with van der Waals surface area (Å²) in [6.45, 7) is 4.03. The third-order valence-electron chi connectivity index (χ3n) is 0.560. The standard InChI is InChI=1S/C4H5NO/c1-4-5-2-3-6-4/h2H,1,3H2. The topological polar surface area (TPSA) is 21.6 Å². The summed E-state index contributed by atoms with van der Waals surface area (Å²) in [5, 5.41) is 0. The lowest BCUT2D eigenvalue weighted by atomic mass is 10.8. The zero-order valence-electron chi connectivity index (χ0n) is 3.35. The van der Waals surface area contributed by atoms with Gasteiger partial charge >= 0.3 is 0 Å². The Morgan fingerprint density at radius 3 is 3.00 bits per heavy atom. The van der Waals surface area contributed by atoms with Crippen LogP contribution >= 0.6 is 0 Å². The largest absolute Gasteiger partial charge is 0.472 e. The van der Waals surface area contributed by atoms with Crippen molar-refractivity contribution >= 4 is 6.21 Å². The molecule has 0 amide bonds. The van der Waals surface area contributed by atoms with Crippen LogP contribution in [0.5, 0.6) is 0 Å². The number of rotatable bonds is 0. The molecule has 6 heavy (non-hydrogen) atoms. The number of nitrogens with zero attached hydrogens (tertiary/aromatic N) is 1. The van der Waals surface area contributed by atoms with Gasteiger partial charge in [-0.25, -0.2) is 4.99 Å². The quantitative estimate of drug-likeness (QED) is 0.419. The van der Waals surface area contributed by atoms with E-state index >= 15 is 0 Å². The van der Waals surface area contributed by atoms with Crippen molar-refractivity contribution in [1.82, 2.24) is 0 Å². The van der Waals surface area contributed by atoms with Crippen LogP contribution in [0, 0.1) is 0 Å². The smallest absolute Gasteiger partial charge is 0.205 e.